The predicted molar refractivity (Wildman–Crippen MR) is 150 cm³/mol. The molecular formula is C30H35BN2O2. The second-order valence-corrected chi connectivity index (χ2v) is 10.1. The van der Waals surface area contributed by atoms with Crippen LogP contribution in [0.4, 0.5) is 0 Å². The van der Waals surface area contributed by atoms with E-state index in [2.05, 4.69) is 82.1 Å². The molecule has 0 spiro atoms. The van der Waals surface area contributed by atoms with E-state index in [1.165, 1.54) is 10.8 Å². The zero-order valence-electron chi connectivity index (χ0n) is 21.6. The van der Waals surface area contributed by atoms with Gasteiger partial charge >= 0.3 is 7.12 Å². The van der Waals surface area contributed by atoms with Crippen molar-refractivity contribution in [2.24, 2.45) is 5.73 Å². The van der Waals surface area contributed by atoms with Gasteiger partial charge in [-0.3, -0.25) is 0 Å². The zero-order chi connectivity index (χ0) is 25.4. The Hall–Kier alpha value is -3.12. The van der Waals surface area contributed by atoms with Crippen molar-refractivity contribution in [3.8, 4) is 0 Å². The van der Waals surface area contributed by atoms with Gasteiger partial charge in [0.15, 0.2) is 0 Å². The van der Waals surface area contributed by atoms with E-state index in [0.29, 0.717) is 0 Å². The van der Waals surface area contributed by atoms with Crippen molar-refractivity contribution in [2.45, 2.75) is 38.9 Å². The van der Waals surface area contributed by atoms with Gasteiger partial charge in [0, 0.05) is 10.9 Å². The summed E-state index contributed by atoms with van der Waals surface area (Å²) in [5, 5.41) is 9.30. The quantitative estimate of drug-likeness (QED) is 0.350. The lowest BCUT2D eigenvalue weighted by Crippen LogP contribution is -2.41. The number of nitrogens with one attached hydrogen (secondary N) is 1. The molecule has 0 atom stereocenters. The van der Waals surface area contributed by atoms with Gasteiger partial charge in [0.05, 0.1) is 11.2 Å². The average Bonchev–Trinajstić information content (AvgIpc) is 3.06. The Kier molecular flexibility index (Phi) is 6.78. The molecule has 0 bridgehead atoms. The Morgan fingerprint density at radius 1 is 0.743 bits per heavy atom. The van der Waals surface area contributed by atoms with Crippen LogP contribution in [-0.4, -0.2) is 32.4 Å². The molecule has 0 unspecified atom stereocenters. The van der Waals surface area contributed by atoms with Crippen LogP contribution < -0.4 is 27.0 Å². The first kappa shape index (κ1) is 25.0. The first-order valence-corrected chi connectivity index (χ1v) is 12.0. The topological polar surface area (TPSA) is 56.5 Å². The van der Waals surface area contributed by atoms with E-state index in [1.807, 2.05) is 44.4 Å². The van der Waals surface area contributed by atoms with Gasteiger partial charge in [-0.1, -0.05) is 79.4 Å². The molecule has 1 saturated heterocycles. The fourth-order valence-electron chi connectivity index (χ4n) is 4.47. The van der Waals surface area contributed by atoms with Crippen LogP contribution in [0.3, 0.4) is 0 Å². The van der Waals surface area contributed by atoms with Crippen molar-refractivity contribution in [3.63, 3.8) is 0 Å². The number of benzene rings is 4. The van der Waals surface area contributed by atoms with Crippen molar-refractivity contribution in [3.05, 3.63) is 88.8 Å². The van der Waals surface area contributed by atoms with Gasteiger partial charge < -0.3 is 20.4 Å². The van der Waals surface area contributed by atoms with Crippen molar-refractivity contribution in [2.75, 3.05) is 14.1 Å². The largest absolute Gasteiger partial charge is 0.494 e. The summed E-state index contributed by atoms with van der Waals surface area (Å²) in [5.74, 6) is 0. The minimum atomic E-state index is -0.389. The van der Waals surface area contributed by atoms with E-state index in [4.69, 9.17) is 15.0 Å². The van der Waals surface area contributed by atoms with Gasteiger partial charge in [-0.25, -0.2) is 0 Å². The zero-order valence-corrected chi connectivity index (χ0v) is 21.6. The molecule has 0 amide bonds. The predicted octanol–water partition coefficient (Wildman–Crippen LogP) is 3.65. The number of fused-ring (bicyclic) bond motifs is 3. The van der Waals surface area contributed by atoms with Gasteiger partial charge in [0.1, 0.15) is 0 Å². The molecule has 5 heteroatoms. The Labute approximate surface area is 208 Å². The van der Waals surface area contributed by atoms with Crippen molar-refractivity contribution >= 4 is 46.4 Å². The number of hydrogen-bond acceptors (Lipinski definition) is 4. The minimum absolute atomic E-state index is 0.367. The molecule has 35 heavy (non-hydrogen) atoms. The Morgan fingerprint density at radius 3 is 1.69 bits per heavy atom. The highest BCUT2D eigenvalue weighted by atomic mass is 16.7. The van der Waals surface area contributed by atoms with Gasteiger partial charge in [-0.15, -0.1) is 0 Å². The molecule has 5 rings (SSSR count). The van der Waals surface area contributed by atoms with Crippen LogP contribution in [0.1, 0.15) is 33.3 Å². The third kappa shape index (κ3) is 4.47. The highest BCUT2D eigenvalue weighted by Crippen LogP contribution is 2.36. The molecule has 1 fully saturated rings. The average molecular weight is 466 g/mol. The van der Waals surface area contributed by atoms with Crippen molar-refractivity contribution in [1.29, 1.82) is 0 Å². The molecule has 4 aromatic rings. The molecule has 1 aliphatic heterocycles. The van der Waals surface area contributed by atoms with E-state index in [9.17, 15) is 0 Å². The van der Waals surface area contributed by atoms with Crippen molar-refractivity contribution < 1.29 is 9.31 Å². The maximum atomic E-state index is 6.78. The SMILES string of the molecule is C=c1/c(=C(\N)c2ccc(B3OC(C)(C)C(C)(C)O3)cc2)c2ccccc2c2ccccc12.CNC. The fraction of sp³-hybridized carbons (Fsp3) is 0.267. The third-order valence-electron chi connectivity index (χ3n) is 7.06. The minimum Gasteiger partial charge on any atom is -0.399 e. The summed E-state index contributed by atoms with van der Waals surface area (Å²) >= 11 is 0. The van der Waals surface area contributed by atoms with Crippen LogP contribution in [0.5, 0.6) is 0 Å². The van der Waals surface area contributed by atoms with Gasteiger partial charge in [0.2, 0.25) is 0 Å². The fourth-order valence-corrected chi connectivity index (χ4v) is 4.47. The lowest BCUT2D eigenvalue weighted by Gasteiger charge is -2.32. The number of hydrogen-bond donors (Lipinski definition) is 2. The lowest BCUT2D eigenvalue weighted by molar-refractivity contribution is 0.00578. The van der Waals surface area contributed by atoms with E-state index < -0.39 is 0 Å². The van der Waals surface area contributed by atoms with Crippen LogP contribution in [-0.2, 0) is 9.31 Å². The molecule has 0 aromatic heterocycles. The van der Waals surface area contributed by atoms with Crippen molar-refractivity contribution in [1.82, 2.24) is 5.32 Å². The molecule has 3 N–H and O–H groups in total. The standard InChI is InChI=1S/C28H28BNO2.C2H7N/c1-18-21-10-6-7-11-22(21)23-12-8-9-13-24(23)25(18)26(30)19-14-16-20(17-15-19)29-31-27(2,3)28(4,5)32-29;1-3-2/h6-17H,1,30H2,2-5H3;3H,1-2H3/b26-25+;. The van der Waals surface area contributed by atoms with Gasteiger partial charge in [-0.05, 0) is 79.6 Å². The summed E-state index contributed by atoms with van der Waals surface area (Å²) in [6.45, 7) is 12.7. The molecule has 1 heterocycles. The van der Waals surface area contributed by atoms with Crippen LogP contribution in [0.25, 0.3) is 33.8 Å². The maximum absolute atomic E-state index is 6.78. The molecule has 4 nitrogen and oxygen atoms in total. The van der Waals surface area contributed by atoms with Crippen LogP contribution >= 0.6 is 0 Å². The Morgan fingerprint density at radius 2 is 1.17 bits per heavy atom. The lowest BCUT2D eigenvalue weighted by atomic mass is 9.78. The van der Waals surface area contributed by atoms with Crippen LogP contribution in [0, 0.1) is 0 Å². The summed E-state index contributed by atoms with van der Waals surface area (Å²) in [6.07, 6.45) is 0. The highest BCUT2D eigenvalue weighted by Gasteiger charge is 2.51. The summed E-state index contributed by atoms with van der Waals surface area (Å²) in [5.41, 5.74) is 8.70. The Balaban J connectivity index is 0.000000917. The monoisotopic (exact) mass is 466 g/mol. The normalized spacial score (nSPS) is 17.3. The summed E-state index contributed by atoms with van der Waals surface area (Å²) in [7, 11) is 3.36. The number of rotatable bonds is 2. The van der Waals surface area contributed by atoms with E-state index >= 15 is 0 Å². The van der Waals surface area contributed by atoms with Gasteiger partial charge in [0.25, 0.3) is 0 Å². The van der Waals surface area contributed by atoms with Crippen LogP contribution in [0.15, 0.2) is 72.8 Å². The summed E-state index contributed by atoms with van der Waals surface area (Å²) < 4.78 is 12.4. The summed E-state index contributed by atoms with van der Waals surface area (Å²) in [6, 6.07) is 24.9. The molecule has 1 aliphatic rings. The molecular weight excluding hydrogens is 431 g/mol. The first-order chi connectivity index (χ1) is 16.6. The third-order valence-corrected chi connectivity index (χ3v) is 7.06. The molecule has 4 aromatic carbocycles. The maximum Gasteiger partial charge on any atom is 0.494 e. The first-order valence-electron chi connectivity index (χ1n) is 12.0. The van der Waals surface area contributed by atoms with E-state index in [0.717, 1.165) is 37.9 Å². The van der Waals surface area contributed by atoms with E-state index in [-0.39, 0.29) is 18.3 Å². The molecule has 0 saturated carbocycles. The molecule has 0 aliphatic carbocycles. The second-order valence-electron chi connectivity index (χ2n) is 10.1. The molecule has 0 radical (unpaired) electrons. The number of nitrogens with two attached hydrogens (primary N) is 1. The second kappa shape index (κ2) is 9.50. The molecule has 180 valence electrons. The van der Waals surface area contributed by atoms with Gasteiger partial charge in [-0.2, -0.15) is 0 Å². The van der Waals surface area contributed by atoms with Crippen LogP contribution in [0.2, 0.25) is 0 Å². The summed E-state index contributed by atoms with van der Waals surface area (Å²) in [4.78, 5) is 0. The highest BCUT2D eigenvalue weighted by molar-refractivity contribution is 6.62. The van der Waals surface area contributed by atoms with E-state index in [1.54, 1.807) is 0 Å². The smallest absolute Gasteiger partial charge is 0.399 e. The Bertz CT molecular complexity index is 1460.